The first kappa shape index (κ1) is 17.8. The topological polar surface area (TPSA) is 65.0 Å². The lowest BCUT2D eigenvalue weighted by atomic mass is 9.78. The van der Waals surface area contributed by atoms with Gasteiger partial charge in [-0.25, -0.2) is 0 Å². The van der Waals surface area contributed by atoms with E-state index in [0.29, 0.717) is 13.0 Å². The number of hydrogen-bond acceptors (Lipinski definition) is 4. The van der Waals surface area contributed by atoms with Crippen LogP contribution in [0.25, 0.3) is 0 Å². The molecule has 23 heavy (non-hydrogen) atoms. The molecule has 1 fully saturated rings. The Morgan fingerprint density at radius 1 is 1.22 bits per heavy atom. The minimum atomic E-state index is -0.804. The highest BCUT2D eigenvalue weighted by Crippen LogP contribution is 2.36. The van der Waals surface area contributed by atoms with Gasteiger partial charge in [0.25, 0.3) is 0 Å². The Morgan fingerprint density at radius 2 is 1.83 bits per heavy atom. The number of ether oxygens (including phenoxy) is 1. The van der Waals surface area contributed by atoms with Crippen LogP contribution in [-0.4, -0.2) is 36.0 Å². The molecule has 1 N–H and O–H groups in total. The van der Waals surface area contributed by atoms with E-state index in [1.54, 1.807) is 0 Å². The van der Waals surface area contributed by atoms with Gasteiger partial charge in [-0.15, -0.1) is 0 Å². The average Bonchev–Trinajstić information content (AvgIpc) is 2.64. The van der Waals surface area contributed by atoms with Gasteiger partial charge in [0.1, 0.15) is 5.75 Å². The maximum atomic E-state index is 10.5. The largest absolute Gasteiger partial charge is 0.494 e. The fraction of sp³-hybridized carbons (Fsp3) is 0.588. The van der Waals surface area contributed by atoms with E-state index < -0.39 is 5.97 Å². The molecule has 0 unspecified atom stereocenters. The number of carboxylic acids is 1. The molecule has 126 valence electrons. The fourth-order valence-corrected chi connectivity index (χ4v) is 2.37. The van der Waals surface area contributed by atoms with Crippen LogP contribution in [-0.2, 0) is 14.1 Å². The van der Waals surface area contributed by atoms with Crippen LogP contribution in [0.5, 0.6) is 5.75 Å². The normalized spacial score (nSPS) is 18.9. The molecule has 6 heteroatoms. The lowest BCUT2D eigenvalue weighted by Crippen LogP contribution is -2.41. The maximum absolute atomic E-state index is 10.5. The Morgan fingerprint density at radius 3 is 2.35 bits per heavy atom. The Hall–Kier alpha value is -1.53. The second-order valence-electron chi connectivity index (χ2n) is 6.96. The summed E-state index contributed by atoms with van der Waals surface area (Å²) in [7, 11) is -0.389. The molecule has 0 aromatic heterocycles. The number of rotatable bonds is 6. The van der Waals surface area contributed by atoms with Crippen molar-refractivity contribution in [2.75, 3.05) is 6.61 Å². The number of aliphatic carboxylic acids is 1. The van der Waals surface area contributed by atoms with E-state index in [2.05, 4.69) is 0 Å². The first-order valence-electron chi connectivity index (χ1n) is 7.93. The van der Waals surface area contributed by atoms with Crippen molar-refractivity contribution >= 4 is 18.6 Å². The van der Waals surface area contributed by atoms with Gasteiger partial charge in [-0.05, 0) is 58.1 Å². The Kier molecular flexibility index (Phi) is 5.06. The summed E-state index contributed by atoms with van der Waals surface area (Å²) in [4.78, 5) is 10.5. The van der Waals surface area contributed by atoms with Crippen molar-refractivity contribution in [3.8, 4) is 5.75 Å². The first-order chi connectivity index (χ1) is 10.6. The predicted octanol–water partition coefficient (Wildman–Crippen LogP) is 2.54. The molecule has 0 atom stereocenters. The lowest BCUT2D eigenvalue weighted by Gasteiger charge is -2.32. The van der Waals surface area contributed by atoms with E-state index in [-0.39, 0.29) is 24.7 Å². The van der Waals surface area contributed by atoms with Crippen LogP contribution in [0.4, 0.5) is 0 Å². The highest BCUT2D eigenvalue weighted by Gasteiger charge is 2.51. The summed E-state index contributed by atoms with van der Waals surface area (Å²) in [6.07, 6.45) is 0.610. The van der Waals surface area contributed by atoms with Crippen LogP contribution in [0.2, 0.25) is 0 Å². The molecule has 1 aromatic rings. The van der Waals surface area contributed by atoms with E-state index in [0.717, 1.165) is 16.8 Å². The van der Waals surface area contributed by atoms with Crippen molar-refractivity contribution in [3.63, 3.8) is 0 Å². The highest BCUT2D eigenvalue weighted by molar-refractivity contribution is 6.62. The first-order valence-corrected chi connectivity index (χ1v) is 7.93. The Balaban J connectivity index is 2.01. The maximum Gasteiger partial charge on any atom is 0.494 e. The van der Waals surface area contributed by atoms with Crippen molar-refractivity contribution in [1.29, 1.82) is 0 Å². The number of benzene rings is 1. The Labute approximate surface area is 138 Å². The molecular formula is C17H25BO5. The summed E-state index contributed by atoms with van der Waals surface area (Å²) in [5, 5.41) is 8.62. The highest BCUT2D eigenvalue weighted by atomic mass is 16.7. The number of carbonyl (C=O) groups is 1. The molecule has 0 saturated carbocycles. The van der Waals surface area contributed by atoms with Crippen molar-refractivity contribution in [2.24, 2.45) is 0 Å². The Bertz CT molecular complexity index is 566. The van der Waals surface area contributed by atoms with E-state index >= 15 is 0 Å². The molecule has 0 aliphatic carbocycles. The van der Waals surface area contributed by atoms with Gasteiger partial charge in [-0.2, -0.15) is 0 Å². The minimum absolute atomic E-state index is 0.116. The van der Waals surface area contributed by atoms with Crippen LogP contribution in [0.1, 0.15) is 46.1 Å². The smallest absolute Gasteiger partial charge is 0.493 e. The molecule has 0 bridgehead atoms. The third-order valence-electron chi connectivity index (χ3n) is 4.52. The summed E-state index contributed by atoms with van der Waals surface area (Å²) >= 11 is 0. The van der Waals surface area contributed by atoms with Crippen LogP contribution in [0.3, 0.4) is 0 Å². The van der Waals surface area contributed by atoms with Gasteiger partial charge >= 0.3 is 13.1 Å². The van der Waals surface area contributed by atoms with Crippen LogP contribution < -0.4 is 10.2 Å². The average molecular weight is 320 g/mol. The summed E-state index contributed by atoms with van der Waals surface area (Å²) in [6, 6.07) is 5.81. The minimum Gasteiger partial charge on any atom is -0.493 e. The molecule has 0 spiro atoms. The zero-order chi connectivity index (χ0) is 17.3. The van der Waals surface area contributed by atoms with E-state index in [9.17, 15) is 4.79 Å². The van der Waals surface area contributed by atoms with Gasteiger partial charge in [-0.1, -0.05) is 12.1 Å². The SMILES string of the molecule is Cc1cc(B2OC(C)(C)C(C)(C)O2)ccc1OCCCC(=O)O. The predicted molar refractivity (Wildman–Crippen MR) is 89.3 cm³/mol. The monoisotopic (exact) mass is 320 g/mol. The van der Waals surface area contributed by atoms with Gasteiger partial charge in [0.15, 0.2) is 0 Å². The summed E-state index contributed by atoms with van der Waals surface area (Å²) in [5.74, 6) is -0.0444. The molecule has 1 aliphatic heterocycles. The molecule has 1 aliphatic rings. The van der Waals surface area contributed by atoms with E-state index in [1.807, 2.05) is 52.8 Å². The number of carboxylic acid groups (broad SMARTS) is 1. The molecule has 2 rings (SSSR count). The van der Waals surface area contributed by atoms with E-state index in [1.165, 1.54) is 0 Å². The third-order valence-corrected chi connectivity index (χ3v) is 4.52. The van der Waals surface area contributed by atoms with Crippen LogP contribution >= 0.6 is 0 Å². The molecule has 1 saturated heterocycles. The molecule has 1 aromatic carbocycles. The zero-order valence-electron chi connectivity index (χ0n) is 14.5. The summed E-state index contributed by atoms with van der Waals surface area (Å²) < 4.78 is 17.7. The van der Waals surface area contributed by atoms with Gasteiger partial charge < -0.3 is 19.2 Å². The molecule has 0 radical (unpaired) electrons. The van der Waals surface area contributed by atoms with Crippen molar-refractivity contribution in [2.45, 2.75) is 58.7 Å². The fourth-order valence-electron chi connectivity index (χ4n) is 2.37. The van der Waals surface area contributed by atoms with Gasteiger partial charge in [0.2, 0.25) is 0 Å². The molecule has 0 amide bonds. The number of aryl methyl sites for hydroxylation is 1. The second kappa shape index (κ2) is 6.53. The van der Waals surface area contributed by atoms with Gasteiger partial charge in [0, 0.05) is 6.42 Å². The quantitative estimate of drug-likeness (QED) is 0.644. The van der Waals surface area contributed by atoms with Crippen molar-refractivity contribution in [1.82, 2.24) is 0 Å². The van der Waals surface area contributed by atoms with Gasteiger partial charge in [-0.3, -0.25) is 4.79 Å². The summed E-state index contributed by atoms with van der Waals surface area (Å²) in [5.41, 5.74) is 1.21. The van der Waals surface area contributed by atoms with Gasteiger partial charge in [0.05, 0.1) is 17.8 Å². The van der Waals surface area contributed by atoms with Crippen LogP contribution in [0, 0.1) is 6.92 Å². The molecule has 1 heterocycles. The number of hydrogen-bond donors (Lipinski definition) is 1. The lowest BCUT2D eigenvalue weighted by molar-refractivity contribution is -0.137. The van der Waals surface area contributed by atoms with Crippen molar-refractivity contribution in [3.05, 3.63) is 23.8 Å². The summed E-state index contributed by atoms with van der Waals surface area (Å²) in [6.45, 7) is 10.5. The second-order valence-corrected chi connectivity index (χ2v) is 6.96. The standard InChI is InChI=1S/C17H25BO5/c1-12-11-13(18-22-16(2,3)17(4,5)23-18)8-9-14(12)21-10-6-7-15(19)20/h8-9,11H,6-7,10H2,1-5H3,(H,19,20). The van der Waals surface area contributed by atoms with E-state index in [4.69, 9.17) is 19.2 Å². The zero-order valence-corrected chi connectivity index (χ0v) is 14.5. The molecule has 5 nitrogen and oxygen atoms in total. The molecular weight excluding hydrogens is 295 g/mol. The van der Waals surface area contributed by atoms with Crippen molar-refractivity contribution < 1.29 is 23.9 Å². The third kappa shape index (κ3) is 4.06. The van der Waals surface area contributed by atoms with Crippen LogP contribution in [0.15, 0.2) is 18.2 Å².